The van der Waals surface area contributed by atoms with Crippen LogP contribution < -0.4 is 24.3 Å². The Morgan fingerprint density at radius 1 is 1.14 bits per heavy atom. The van der Waals surface area contributed by atoms with Crippen LogP contribution >= 0.6 is 0 Å². The Morgan fingerprint density at radius 3 is 2.69 bits per heavy atom. The van der Waals surface area contributed by atoms with E-state index < -0.39 is 0 Å². The summed E-state index contributed by atoms with van der Waals surface area (Å²) in [7, 11) is 1.59. The Balaban J connectivity index is 1.63. The lowest BCUT2D eigenvalue weighted by Gasteiger charge is -2.15. The van der Waals surface area contributed by atoms with Crippen molar-refractivity contribution < 1.29 is 23.7 Å². The highest BCUT2D eigenvalue weighted by molar-refractivity contribution is 5.92. The summed E-state index contributed by atoms with van der Waals surface area (Å²) in [5.41, 5.74) is 1.81. The molecule has 0 aliphatic carbocycles. The number of carbonyl (C=O) groups is 1. The topological polar surface area (TPSA) is 66.0 Å². The van der Waals surface area contributed by atoms with E-state index in [4.69, 9.17) is 18.9 Å². The van der Waals surface area contributed by atoms with Crippen molar-refractivity contribution in [3.8, 4) is 23.0 Å². The second-order valence-electron chi connectivity index (χ2n) is 6.66. The number of carbonyl (C=O) groups excluding carboxylic acids is 1. The molecule has 0 fully saturated rings. The Morgan fingerprint density at radius 2 is 1.93 bits per heavy atom. The predicted octanol–water partition coefficient (Wildman–Crippen LogP) is 4.15. The molecule has 6 nitrogen and oxygen atoms in total. The van der Waals surface area contributed by atoms with Gasteiger partial charge in [0, 0.05) is 12.5 Å². The Bertz CT molecular complexity index is 878. The van der Waals surface area contributed by atoms with E-state index in [2.05, 4.69) is 5.32 Å². The molecular weight excluding hydrogens is 370 g/mol. The third-order valence-electron chi connectivity index (χ3n) is 4.55. The second-order valence-corrected chi connectivity index (χ2v) is 6.66. The van der Waals surface area contributed by atoms with Crippen LogP contribution in [0.25, 0.3) is 6.08 Å². The van der Waals surface area contributed by atoms with E-state index in [-0.39, 0.29) is 11.9 Å². The molecule has 154 valence electrons. The number of nitrogens with one attached hydrogen (secondary N) is 1. The molecule has 0 saturated heterocycles. The summed E-state index contributed by atoms with van der Waals surface area (Å²) in [5.74, 6) is 2.60. The van der Waals surface area contributed by atoms with Gasteiger partial charge in [0.05, 0.1) is 33.0 Å². The molecule has 1 unspecified atom stereocenters. The molecule has 6 heteroatoms. The van der Waals surface area contributed by atoms with Crippen molar-refractivity contribution >= 4 is 12.0 Å². The van der Waals surface area contributed by atoms with Crippen LogP contribution in [-0.2, 0) is 4.79 Å². The minimum atomic E-state index is -0.183. The van der Waals surface area contributed by atoms with Gasteiger partial charge in [-0.05, 0) is 55.3 Å². The van der Waals surface area contributed by atoms with E-state index in [9.17, 15) is 4.79 Å². The molecule has 2 aromatic rings. The van der Waals surface area contributed by atoms with Crippen molar-refractivity contribution in [2.24, 2.45) is 0 Å². The number of benzene rings is 2. The van der Waals surface area contributed by atoms with Gasteiger partial charge in [0.25, 0.3) is 0 Å². The van der Waals surface area contributed by atoms with E-state index in [1.165, 1.54) is 6.08 Å². The number of ether oxygens (including phenoxy) is 4. The molecule has 1 N–H and O–H groups in total. The largest absolute Gasteiger partial charge is 0.493 e. The number of hydrogen-bond donors (Lipinski definition) is 1. The first kappa shape index (κ1) is 20.6. The molecule has 1 aliphatic heterocycles. The van der Waals surface area contributed by atoms with Gasteiger partial charge in [0.2, 0.25) is 5.91 Å². The molecule has 0 aromatic heterocycles. The Hall–Kier alpha value is -3.15. The van der Waals surface area contributed by atoms with Gasteiger partial charge in [-0.25, -0.2) is 0 Å². The molecule has 29 heavy (non-hydrogen) atoms. The van der Waals surface area contributed by atoms with Gasteiger partial charge in [-0.1, -0.05) is 12.1 Å². The fraction of sp³-hybridized carbons (Fsp3) is 0.348. The molecule has 1 amide bonds. The average Bonchev–Trinajstić information content (AvgIpc) is 2.98. The summed E-state index contributed by atoms with van der Waals surface area (Å²) >= 11 is 0. The van der Waals surface area contributed by atoms with Crippen LogP contribution in [0.3, 0.4) is 0 Å². The third-order valence-corrected chi connectivity index (χ3v) is 4.55. The second kappa shape index (κ2) is 9.87. The van der Waals surface area contributed by atoms with Crippen molar-refractivity contribution in [1.82, 2.24) is 5.32 Å². The van der Waals surface area contributed by atoms with Crippen molar-refractivity contribution in [3.63, 3.8) is 0 Å². The SMILES string of the molecule is CCOc1ccc(/C=C/C(=O)NC(C)c2ccc3c(c2)OCCCO3)cc1OC. The Labute approximate surface area is 171 Å². The number of methoxy groups -OCH3 is 1. The van der Waals surface area contributed by atoms with Crippen LogP contribution in [0.1, 0.15) is 37.4 Å². The lowest BCUT2D eigenvalue weighted by Crippen LogP contribution is -2.24. The van der Waals surface area contributed by atoms with E-state index in [0.717, 1.165) is 29.0 Å². The molecule has 1 heterocycles. The van der Waals surface area contributed by atoms with Crippen LogP contribution in [0.15, 0.2) is 42.5 Å². The number of hydrogen-bond acceptors (Lipinski definition) is 5. The Kier molecular flexibility index (Phi) is 7.00. The summed E-state index contributed by atoms with van der Waals surface area (Å²) in [6.45, 7) is 5.70. The minimum Gasteiger partial charge on any atom is -0.493 e. The summed E-state index contributed by atoms with van der Waals surface area (Å²) in [6.07, 6.45) is 4.11. The summed E-state index contributed by atoms with van der Waals surface area (Å²) in [4.78, 5) is 12.4. The van der Waals surface area contributed by atoms with Gasteiger partial charge in [0.1, 0.15) is 0 Å². The first-order valence-electron chi connectivity index (χ1n) is 9.79. The molecule has 0 radical (unpaired) electrons. The standard InChI is InChI=1S/C23H27NO5/c1-4-27-19-9-6-17(14-21(19)26-3)7-11-23(25)24-16(2)18-8-10-20-22(15-18)29-13-5-12-28-20/h6-11,14-16H,4-5,12-13H2,1-3H3,(H,24,25)/b11-7+. The van der Waals surface area contributed by atoms with Crippen LogP contribution in [0.2, 0.25) is 0 Å². The van der Waals surface area contributed by atoms with E-state index >= 15 is 0 Å². The van der Waals surface area contributed by atoms with Gasteiger partial charge in [0.15, 0.2) is 23.0 Å². The van der Waals surface area contributed by atoms with Crippen molar-refractivity contribution in [1.29, 1.82) is 0 Å². The molecular formula is C23H27NO5. The zero-order chi connectivity index (χ0) is 20.6. The van der Waals surface area contributed by atoms with Crippen LogP contribution in [-0.4, -0.2) is 32.8 Å². The number of rotatable bonds is 7. The highest BCUT2D eigenvalue weighted by Crippen LogP contribution is 2.32. The van der Waals surface area contributed by atoms with Gasteiger partial charge in [-0.15, -0.1) is 0 Å². The van der Waals surface area contributed by atoms with Crippen LogP contribution in [0.4, 0.5) is 0 Å². The minimum absolute atomic E-state index is 0.167. The average molecular weight is 397 g/mol. The molecule has 1 atom stereocenters. The number of amides is 1. The van der Waals surface area contributed by atoms with E-state index in [1.807, 2.05) is 50.2 Å². The molecule has 1 aliphatic rings. The van der Waals surface area contributed by atoms with Crippen molar-refractivity contribution in [2.75, 3.05) is 26.9 Å². The van der Waals surface area contributed by atoms with E-state index in [0.29, 0.717) is 31.3 Å². The van der Waals surface area contributed by atoms with Crippen molar-refractivity contribution in [2.45, 2.75) is 26.3 Å². The normalized spacial score (nSPS) is 14.2. The lowest BCUT2D eigenvalue weighted by molar-refractivity contribution is -0.117. The smallest absolute Gasteiger partial charge is 0.244 e. The first-order valence-corrected chi connectivity index (χ1v) is 9.79. The predicted molar refractivity (Wildman–Crippen MR) is 112 cm³/mol. The molecule has 2 aromatic carbocycles. The van der Waals surface area contributed by atoms with Crippen LogP contribution in [0, 0.1) is 0 Å². The zero-order valence-corrected chi connectivity index (χ0v) is 17.1. The van der Waals surface area contributed by atoms with E-state index in [1.54, 1.807) is 13.2 Å². The fourth-order valence-electron chi connectivity index (χ4n) is 3.03. The van der Waals surface area contributed by atoms with Crippen molar-refractivity contribution in [3.05, 3.63) is 53.6 Å². The quantitative estimate of drug-likeness (QED) is 0.711. The maximum Gasteiger partial charge on any atom is 0.244 e. The fourth-order valence-corrected chi connectivity index (χ4v) is 3.03. The third kappa shape index (κ3) is 5.44. The maximum absolute atomic E-state index is 12.4. The van der Waals surface area contributed by atoms with Gasteiger partial charge < -0.3 is 24.3 Å². The van der Waals surface area contributed by atoms with Gasteiger partial charge >= 0.3 is 0 Å². The summed E-state index contributed by atoms with van der Waals surface area (Å²) in [6, 6.07) is 11.1. The molecule has 0 saturated carbocycles. The van der Waals surface area contributed by atoms with Crippen LogP contribution in [0.5, 0.6) is 23.0 Å². The summed E-state index contributed by atoms with van der Waals surface area (Å²) < 4.78 is 22.2. The molecule has 3 rings (SSSR count). The maximum atomic E-state index is 12.4. The monoisotopic (exact) mass is 397 g/mol. The summed E-state index contributed by atoms with van der Waals surface area (Å²) in [5, 5.41) is 2.97. The lowest BCUT2D eigenvalue weighted by atomic mass is 10.1. The first-order chi connectivity index (χ1) is 14.1. The van der Waals surface area contributed by atoms with Gasteiger partial charge in [-0.2, -0.15) is 0 Å². The van der Waals surface area contributed by atoms with Gasteiger partial charge in [-0.3, -0.25) is 4.79 Å². The zero-order valence-electron chi connectivity index (χ0n) is 17.1. The molecule has 0 bridgehead atoms. The molecule has 0 spiro atoms. The highest BCUT2D eigenvalue weighted by atomic mass is 16.5. The highest BCUT2D eigenvalue weighted by Gasteiger charge is 2.14. The number of fused-ring (bicyclic) bond motifs is 1.